The molecule has 0 aliphatic carbocycles. The van der Waals surface area contributed by atoms with Gasteiger partial charge in [-0.2, -0.15) is 0 Å². The molecule has 124 valence electrons. The minimum absolute atomic E-state index is 0.148. The van der Waals surface area contributed by atoms with Crippen molar-refractivity contribution < 1.29 is 9.21 Å². The lowest BCUT2D eigenvalue weighted by atomic mass is 10.2. The summed E-state index contributed by atoms with van der Waals surface area (Å²) < 4.78 is 7.23. The number of hydrogen-bond donors (Lipinski definition) is 1. The summed E-state index contributed by atoms with van der Waals surface area (Å²) in [6.07, 6.45) is 0. The minimum Gasteiger partial charge on any atom is -0.431 e. The Bertz CT molecular complexity index is 907. The topological polar surface area (TPSA) is 55.1 Å². The Kier molecular flexibility index (Phi) is 5.54. The molecule has 3 rings (SSSR count). The molecule has 0 unspecified atom stereocenters. The number of nitrogens with one attached hydrogen (secondary N) is 1. The van der Waals surface area contributed by atoms with Crippen molar-refractivity contribution >= 4 is 77.9 Å². The van der Waals surface area contributed by atoms with Gasteiger partial charge in [-0.15, -0.1) is 0 Å². The fraction of sp³-hybridized carbons (Fsp3) is 0.125. The Hall–Kier alpha value is -1.02. The van der Waals surface area contributed by atoms with Gasteiger partial charge in [-0.05, 0) is 74.7 Å². The van der Waals surface area contributed by atoms with Crippen LogP contribution in [0.25, 0.3) is 11.1 Å². The van der Waals surface area contributed by atoms with E-state index in [-0.39, 0.29) is 11.7 Å². The summed E-state index contributed by atoms with van der Waals surface area (Å²) in [7, 11) is 0. The van der Waals surface area contributed by atoms with E-state index in [0.717, 1.165) is 14.5 Å². The highest BCUT2D eigenvalue weighted by Crippen LogP contribution is 2.32. The number of hydrogen-bond acceptors (Lipinski definition) is 4. The summed E-state index contributed by atoms with van der Waals surface area (Å²) in [4.78, 5) is 16.5. The predicted molar refractivity (Wildman–Crippen MR) is 105 cm³/mol. The maximum atomic E-state index is 12.2. The van der Waals surface area contributed by atoms with Gasteiger partial charge >= 0.3 is 0 Å². The number of anilines is 1. The molecule has 8 heteroatoms. The number of carbonyl (C=O) groups excluding carboxylic acids is 1. The van der Waals surface area contributed by atoms with E-state index in [2.05, 4.69) is 42.2 Å². The van der Waals surface area contributed by atoms with Crippen LogP contribution < -0.4 is 5.32 Å². The molecule has 0 saturated heterocycles. The van der Waals surface area contributed by atoms with E-state index in [1.807, 2.05) is 19.1 Å². The van der Waals surface area contributed by atoms with Crippen LogP contribution in [0.5, 0.6) is 0 Å². The second-order valence-electron chi connectivity index (χ2n) is 5.03. The smallest absolute Gasteiger partial charge is 0.257 e. The van der Waals surface area contributed by atoms with Gasteiger partial charge in [0.15, 0.2) is 5.58 Å². The molecule has 0 atom stereocenters. The molecule has 4 nitrogen and oxygen atoms in total. The van der Waals surface area contributed by atoms with Crippen LogP contribution in [0.4, 0.5) is 5.69 Å². The molecule has 0 radical (unpaired) electrons. The number of aromatic nitrogens is 1. The van der Waals surface area contributed by atoms with Crippen molar-refractivity contribution in [3.8, 4) is 0 Å². The summed E-state index contributed by atoms with van der Waals surface area (Å²) in [6.45, 7) is 1.98. The number of nitrogens with zero attached hydrogens (tertiary/aromatic N) is 1. The summed E-state index contributed by atoms with van der Waals surface area (Å²) >= 11 is 14.1. The molecular weight excluding hydrogens is 480 g/mol. The van der Waals surface area contributed by atoms with Gasteiger partial charge in [0.2, 0.25) is 5.91 Å². The molecule has 0 fully saturated rings. The molecule has 0 bridgehead atoms. The van der Waals surface area contributed by atoms with E-state index >= 15 is 0 Å². The van der Waals surface area contributed by atoms with Gasteiger partial charge in [-0.25, -0.2) is 4.98 Å². The van der Waals surface area contributed by atoms with E-state index in [9.17, 15) is 4.79 Å². The molecule has 0 aliphatic rings. The Morgan fingerprint density at radius 3 is 2.71 bits per heavy atom. The second-order valence-corrected chi connectivity index (χ2v) is 8.10. The van der Waals surface area contributed by atoms with Crippen molar-refractivity contribution in [3.05, 3.63) is 49.9 Å². The molecule has 0 aliphatic heterocycles. The van der Waals surface area contributed by atoms with Crippen LogP contribution in [-0.4, -0.2) is 16.6 Å². The van der Waals surface area contributed by atoms with E-state index in [1.54, 1.807) is 18.2 Å². The lowest BCUT2D eigenvalue weighted by Gasteiger charge is -2.10. The van der Waals surface area contributed by atoms with Gasteiger partial charge < -0.3 is 9.73 Å². The Morgan fingerprint density at radius 1 is 1.29 bits per heavy atom. The first-order valence-corrected chi connectivity index (χ1v) is 9.82. The van der Waals surface area contributed by atoms with Crippen LogP contribution in [0.2, 0.25) is 5.02 Å². The number of carbonyl (C=O) groups is 1. The number of thioether (sulfide) groups is 1. The summed E-state index contributed by atoms with van der Waals surface area (Å²) in [5.41, 5.74) is 3.11. The maximum Gasteiger partial charge on any atom is 0.257 e. The van der Waals surface area contributed by atoms with Crippen molar-refractivity contribution in [3.63, 3.8) is 0 Å². The fourth-order valence-electron chi connectivity index (χ4n) is 2.06. The fourth-order valence-corrected chi connectivity index (χ4v) is 4.48. The third-order valence-corrected chi connectivity index (χ3v) is 5.42. The first-order chi connectivity index (χ1) is 11.4. The van der Waals surface area contributed by atoms with Crippen molar-refractivity contribution in [1.29, 1.82) is 0 Å². The second kappa shape index (κ2) is 7.47. The normalized spacial score (nSPS) is 11.0. The monoisotopic (exact) mass is 488 g/mol. The van der Waals surface area contributed by atoms with Gasteiger partial charge in [0.1, 0.15) is 5.52 Å². The van der Waals surface area contributed by atoms with Crippen LogP contribution in [0.3, 0.4) is 0 Å². The summed E-state index contributed by atoms with van der Waals surface area (Å²) in [5, 5.41) is 3.91. The lowest BCUT2D eigenvalue weighted by Crippen LogP contribution is -2.15. The van der Waals surface area contributed by atoms with Gasteiger partial charge in [0, 0.05) is 14.0 Å². The zero-order valence-corrected chi connectivity index (χ0v) is 17.1. The average Bonchev–Trinajstić information content (AvgIpc) is 2.90. The standard InChI is InChI=1S/C16H11Br2ClN2O2S/c1-8-4-10(17)15(11(18)5-8)21-14(22)7-24-16-20-12-6-9(19)2-3-13(12)23-16/h2-6H,7H2,1H3,(H,21,22). The number of rotatable bonds is 4. The van der Waals surface area contributed by atoms with Gasteiger partial charge in [0.05, 0.1) is 11.4 Å². The Morgan fingerprint density at radius 2 is 2.00 bits per heavy atom. The SMILES string of the molecule is Cc1cc(Br)c(NC(=O)CSc2nc3cc(Cl)ccc3o2)c(Br)c1. The van der Waals surface area contributed by atoms with Crippen molar-refractivity contribution in [2.45, 2.75) is 12.1 Å². The van der Waals surface area contributed by atoms with Crippen molar-refractivity contribution in [1.82, 2.24) is 4.98 Å². The highest BCUT2D eigenvalue weighted by molar-refractivity contribution is 9.11. The Labute approximate surface area is 164 Å². The molecule has 24 heavy (non-hydrogen) atoms. The zero-order valence-electron chi connectivity index (χ0n) is 12.4. The van der Waals surface area contributed by atoms with Crippen LogP contribution >= 0.6 is 55.2 Å². The molecule has 1 aromatic heterocycles. The lowest BCUT2D eigenvalue weighted by molar-refractivity contribution is -0.113. The third kappa shape index (κ3) is 4.14. The molecular formula is C16H11Br2ClN2O2S. The molecule has 3 aromatic rings. The largest absolute Gasteiger partial charge is 0.431 e. The van der Waals surface area contributed by atoms with Gasteiger partial charge in [0.25, 0.3) is 5.22 Å². The Balaban J connectivity index is 1.67. The summed E-state index contributed by atoms with van der Waals surface area (Å²) in [6, 6.07) is 9.11. The van der Waals surface area contributed by atoms with Crippen LogP contribution in [0.1, 0.15) is 5.56 Å². The minimum atomic E-state index is -0.148. The molecule has 0 spiro atoms. The highest BCUT2D eigenvalue weighted by Gasteiger charge is 2.13. The average molecular weight is 491 g/mol. The molecule has 1 N–H and O–H groups in total. The number of amides is 1. The zero-order chi connectivity index (χ0) is 17.3. The number of benzene rings is 2. The number of aryl methyl sites for hydroxylation is 1. The van der Waals surface area contributed by atoms with E-state index in [4.69, 9.17) is 16.0 Å². The van der Waals surface area contributed by atoms with Crippen LogP contribution in [0.15, 0.2) is 48.9 Å². The first-order valence-electron chi connectivity index (χ1n) is 6.87. The number of halogens is 3. The van der Waals surface area contributed by atoms with E-state index in [1.165, 1.54) is 11.8 Å². The van der Waals surface area contributed by atoms with Gasteiger partial charge in [-0.1, -0.05) is 23.4 Å². The predicted octanol–water partition coefficient (Wildman–Crippen LogP) is 6.05. The van der Waals surface area contributed by atoms with Crippen molar-refractivity contribution in [2.24, 2.45) is 0 Å². The van der Waals surface area contributed by atoms with Crippen LogP contribution in [0, 0.1) is 6.92 Å². The molecule has 1 heterocycles. The number of fused-ring (bicyclic) bond motifs is 1. The first kappa shape index (κ1) is 17.8. The number of oxazole rings is 1. The maximum absolute atomic E-state index is 12.2. The molecule has 2 aromatic carbocycles. The van der Waals surface area contributed by atoms with Crippen molar-refractivity contribution in [2.75, 3.05) is 11.1 Å². The molecule has 0 saturated carbocycles. The van der Waals surface area contributed by atoms with Crippen LogP contribution in [-0.2, 0) is 4.79 Å². The van der Waals surface area contributed by atoms with E-state index < -0.39 is 0 Å². The van der Waals surface area contributed by atoms with Gasteiger partial charge in [-0.3, -0.25) is 4.79 Å². The molecule has 1 amide bonds. The van der Waals surface area contributed by atoms with E-state index in [0.29, 0.717) is 27.0 Å². The quantitative estimate of drug-likeness (QED) is 0.453. The highest BCUT2D eigenvalue weighted by atomic mass is 79.9. The third-order valence-electron chi connectivity index (χ3n) is 3.11. The summed E-state index contributed by atoms with van der Waals surface area (Å²) in [5.74, 6) is 0.0402.